The molecular weight excluding hydrogens is 354 g/mol. The highest BCUT2D eigenvalue weighted by atomic mass is 19.1. The maximum absolute atomic E-state index is 15.2. The van der Waals surface area contributed by atoms with Crippen molar-refractivity contribution in [1.82, 2.24) is 9.88 Å². The number of aromatic nitrogens is 1. The van der Waals surface area contributed by atoms with Gasteiger partial charge in [0, 0.05) is 30.5 Å². The smallest absolute Gasteiger partial charge is 0.132 e. The number of nitrogens with zero attached hydrogens (tertiary/aromatic N) is 1. The Morgan fingerprint density at radius 1 is 1.21 bits per heavy atom. The van der Waals surface area contributed by atoms with Crippen LogP contribution in [0, 0.1) is 11.6 Å². The normalized spacial score (nSPS) is 20.9. The molecule has 2 nitrogen and oxygen atoms in total. The minimum Gasteiger partial charge on any atom is -0.356 e. The molecule has 1 N–H and O–H groups in total. The van der Waals surface area contributed by atoms with E-state index in [1.807, 2.05) is 31.2 Å². The van der Waals surface area contributed by atoms with Gasteiger partial charge in [-0.2, -0.15) is 0 Å². The quantitative estimate of drug-likeness (QED) is 0.551. The van der Waals surface area contributed by atoms with Gasteiger partial charge in [0.2, 0.25) is 0 Å². The Morgan fingerprint density at radius 2 is 1.93 bits per heavy atom. The van der Waals surface area contributed by atoms with Gasteiger partial charge in [-0.3, -0.25) is 0 Å². The zero-order valence-corrected chi connectivity index (χ0v) is 16.0. The first-order valence-corrected chi connectivity index (χ1v) is 9.88. The molecule has 0 spiro atoms. The Hall–Kier alpha value is -2.84. The van der Waals surface area contributed by atoms with Gasteiger partial charge in [-0.1, -0.05) is 25.1 Å². The fourth-order valence-corrected chi connectivity index (χ4v) is 4.64. The van der Waals surface area contributed by atoms with Crippen molar-refractivity contribution in [3.8, 4) is 0 Å². The summed E-state index contributed by atoms with van der Waals surface area (Å²) in [6.45, 7) is 4.03. The summed E-state index contributed by atoms with van der Waals surface area (Å²) in [4.78, 5) is 5.62. The average Bonchev–Trinajstić information content (AvgIpc) is 3.00. The van der Waals surface area contributed by atoms with Crippen LogP contribution in [-0.4, -0.2) is 15.9 Å². The number of rotatable bonds is 3. The van der Waals surface area contributed by atoms with Gasteiger partial charge < -0.3 is 9.88 Å². The summed E-state index contributed by atoms with van der Waals surface area (Å²) in [5, 5.41) is 1.14. The lowest BCUT2D eigenvalue weighted by atomic mass is 9.86. The number of benzene rings is 2. The van der Waals surface area contributed by atoms with E-state index < -0.39 is 17.7 Å². The zero-order valence-electron chi connectivity index (χ0n) is 16.0. The molecule has 2 heterocycles. The predicted molar refractivity (Wildman–Crippen MR) is 109 cm³/mol. The Labute approximate surface area is 164 Å². The molecule has 2 aliphatic rings. The summed E-state index contributed by atoms with van der Waals surface area (Å²) < 4.78 is 30.4. The van der Waals surface area contributed by atoms with Crippen LogP contribution in [0.4, 0.5) is 8.78 Å². The van der Waals surface area contributed by atoms with Crippen molar-refractivity contribution < 1.29 is 10.2 Å². The topological polar surface area (TPSA) is 19.0 Å². The molecular formula is C24H24F2N2. The second-order valence-corrected chi connectivity index (χ2v) is 7.75. The monoisotopic (exact) mass is 378 g/mol. The summed E-state index contributed by atoms with van der Waals surface area (Å²) in [5.41, 5.74) is 8.10. The molecule has 5 rings (SSSR count). The first kappa shape index (κ1) is 17.3. The molecule has 1 aliphatic heterocycles. The number of aryl methyl sites for hydroxylation is 1. The molecule has 0 saturated carbocycles. The van der Waals surface area contributed by atoms with Crippen LogP contribution in [0.5, 0.6) is 0 Å². The molecule has 144 valence electrons. The molecule has 2 atom stereocenters. The molecule has 0 radical (unpaired) electrons. The van der Waals surface area contributed by atoms with Crippen LogP contribution in [0.25, 0.3) is 10.9 Å². The van der Waals surface area contributed by atoms with Crippen LogP contribution >= 0.6 is 0 Å². The highest BCUT2D eigenvalue weighted by Gasteiger charge is 2.40. The van der Waals surface area contributed by atoms with Crippen molar-refractivity contribution >= 4 is 10.9 Å². The molecule has 0 fully saturated rings. The van der Waals surface area contributed by atoms with Crippen LogP contribution in [0.1, 0.15) is 50.1 Å². The third kappa shape index (κ3) is 2.45. The van der Waals surface area contributed by atoms with Gasteiger partial charge in [-0.15, -0.1) is 5.73 Å². The largest absolute Gasteiger partial charge is 0.356 e. The van der Waals surface area contributed by atoms with E-state index in [2.05, 4.69) is 28.6 Å². The van der Waals surface area contributed by atoms with Crippen LogP contribution in [-0.2, 0) is 12.8 Å². The number of fused-ring (bicyclic) bond motifs is 3. The third-order valence-electron chi connectivity index (χ3n) is 6.07. The third-order valence-corrected chi connectivity index (χ3v) is 6.07. The fraction of sp³-hybridized carbons (Fsp3) is 0.292. The number of hydrogen-bond donors (Lipinski definition) is 1. The Kier molecular flexibility index (Phi) is 3.92. The number of hydrogen-bond acceptors (Lipinski definition) is 1. The molecule has 2 unspecified atom stereocenters. The second kappa shape index (κ2) is 6.35. The highest BCUT2D eigenvalue weighted by molar-refractivity contribution is 5.85. The summed E-state index contributed by atoms with van der Waals surface area (Å²) in [5.74, 6) is -0.955. The van der Waals surface area contributed by atoms with E-state index in [1.54, 1.807) is 0 Å². The minimum absolute atomic E-state index is 0. The SMILES string of the molecule is CCc1cc(F)c(C2c3[nH]c4ccccc4c3CC(C)N2C2=C=CC2)c(F)c1.[HH]. The molecule has 0 saturated heterocycles. The van der Waals surface area contributed by atoms with Crippen LogP contribution in [0.15, 0.2) is 53.9 Å². The highest BCUT2D eigenvalue weighted by Crippen LogP contribution is 2.45. The predicted octanol–water partition coefficient (Wildman–Crippen LogP) is 6.03. The molecule has 1 aliphatic carbocycles. The van der Waals surface area contributed by atoms with Crippen LogP contribution < -0.4 is 0 Å². The maximum Gasteiger partial charge on any atom is 0.132 e. The van der Waals surface area contributed by atoms with E-state index in [1.165, 1.54) is 12.1 Å². The minimum atomic E-state index is -0.520. The Balaban J connectivity index is 0.00000205. The number of halogens is 2. The number of para-hydroxylation sites is 1. The lowest BCUT2D eigenvalue weighted by Gasteiger charge is -2.44. The number of nitrogens with one attached hydrogen (secondary N) is 1. The molecule has 0 amide bonds. The maximum atomic E-state index is 15.2. The zero-order chi connectivity index (χ0) is 19.4. The lowest BCUT2D eigenvalue weighted by Crippen LogP contribution is -2.43. The van der Waals surface area contributed by atoms with Gasteiger partial charge in [0.05, 0.1) is 11.3 Å². The van der Waals surface area contributed by atoms with Gasteiger partial charge in [0.25, 0.3) is 0 Å². The molecule has 0 bridgehead atoms. The van der Waals surface area contributed by atoms with E-state index in [9.17, 15) is 0 Å². The van der Waals surface area contributed by atoms with Crippen LogP contribution in [0.2, 0.25) is 0 Å². The van der Waals surface area contributed by atoms with E-state index in [4.69, 9.17) is 0 Å². The average molecular weight is 378 g/mol. The molecule has 28 heavy (non-hydrogen) atoms. The summed E-state index contributed by atoms with van der Waals surface area (Å²) >= 11 is 0. The van der Waals surface area contributed by atoms with E-state index >= 15 is 8.78 Å². The molecule has 4 heteroatoms. The van der Waals surface area contributed by atoms with Gasteiger partial charge in [-0.25, -0.2) is 8.78 Å². The lowest BCUT2D eigenvalue weighted by molar-refractivity contribution is 0.188. The molecule has 3 aromatic rings. The van der Waals surface area contributed by atoms with Crippen molar-refractivity contribution in [1.29, 1.82) is 0 Å². The van der Waals surface area contributed by atoms with E-state index in [-0.39, 0.29) is 13.0 Å². The second-order valence-electron chi connectivity index (χ2n) is 7.75. The first-order chi connectivity index (χ1) is 13.6. The molecule has 2 aromatic carbocycles. The van der Waals surface area contributed by atoms with Crippen molar-refractivity contribution in [2.24, 2.45) is 0 Å². The number of H-pyrrole nitrogens is 1. The first-order valence-electron chi connectivity index (χ1n) is 9.88. The summed E-state index contributed by atoms with van der Waals surface area (Å²) in [6, 6.07) is 10.7. The fourth-order valence-electron chi connectivity index (χ4n) is 4.64. The van der Waals surface area contributed by atoms with Gasteiger partial charge in [-0.05, 0) is 55.2 Å². The van der Waals surface area contributed by atoms with Gasteiger partial charge in [0.1, 0.15) is 17.7 Å². The van der Waals surface area contributed by atoms with Crippen molar-refractivity contribution in [3.05, 3.63) is 87.9 Å². The van der Waals surface area contributed by atoms with Gasteiger partial charge >= 0.3 is 0 Å². The summed E-state index contributed by atoms with van der Waals surface area (Å²) in [6.07, 6.45) is 4.18. The standard InChI is InChI=1S/C24H22F2N2.H2/c1-3-15-12-19(25)22(20(26)13-15)24-23-18(17-9-4-5-10-21(17)27-23)11-14(2)28(24)16-7-6-8-16;/h4-6,9-10,12-14,24,27H,3,7,11H2,1-2H3;1H. The molecule has 1 aromatic heterocycles. The Bertz CT molecular complexity index is 1130. The van der Waals surface area contributed by atoms with Gasteiger partial charge in [0.15, 0.2) is 0 Å². The van der Waals surface area contributed by atoms with E-state index in [0.717, 1.165) is 40.7 Å². The van der Waals surface area contributed by atoms with E-state index in [0.29, 0.717) is 12.0 Å². The summed E-state index contributed by atoms with van der Waals surface area (Å²) in [7, 11) is 0. The van der Waals surface area contributed by atoms with Crippen molar-refractivity contribution in [2.45, 2.75) is 45.2 Å². The number of aromatic amines is 1. The van der Waals surface area contributed by atoms with Crippen LogP contribution in [0.3, 0.4) is 0 Å². The van der Waals surface area contributed by atoms with Crippen molar-refractivity contribution in [2.75, 3.05) is 0 Å². The van der Waals surface area contributed by atoms with Crippen molar-refractivity contribution in [3.63, 3.8) is 0 Å². The Morgan fingerprint density at radius 3 is 2.57 bits per heavy atom.